The maximum absolute atomic E-state index is 5.64. The summed E-state index contributed by atoms with van der Waals surface area (Å²) in [5.41, 5.74) is 0. The zero-order valence-electron chi connectivity index (χ0n) is 7.93. The molecule has 0 saturated carbocycles. The van der Waals surface area contributed by atoms with E-state index >= 15 is 0 Å². The van der Waals surface area contributed by atoms with E-state index in [1.165, 1.54) is 32.5 Å². The van der Waals surface area contributed by atoms with Crippen LogP contribution >= 0.6 is 11.6 Å². The lowest BCUT2D eigenvalue weighted by atomic mass is 10.4. The molecule has 0 aromatic rings. The molecule has 1 aliphatic rings. The molecule has 0 radical (unpaired) electrons. The molecule has 2 nitrogen and oxygen atoms in total. The molecule has 3 heteroatoms. The van der Waals surface area contributed by atoms with Gasteiger partial charge in [0.25, 0.3) is 0 Å². The Kier molecular flexibility index (Phi) is 4.96. The third-order valence-electron chi connectivity index (χ3n) is 2.46. The lowest BCUT2D eigenvalue weighted by Gasteiger charge is -2.20. The number of rotatable bonds is 5. The Morgan fingerprint density at radius 2 is 1.92 bits per heavy atom. The van der Waals surface area contributed by atoms with E-state index in [9.17, 15) is 0 Å². The Labute approximate surface area is 80.5 Å². The highest BCUT2D eigenvalue weighted by Crippen LogP contribution is 2.06. The first-order valence-corrected chi connectivity index (χ1v) is 5.33. The summed E-state index contributed by atoms with van der Waals surface area (Å²) in [6.07, 6.45) is 2.78. The zero-order chi connectivity index (χ0) is 8.81. The van der Waals surface area contributed by atoms with Gasteiger partial charge < -0.3 is 9.80 Å². The van der Waals surface area contributed by atoms with Crippen molar-refractivity contribution < 1.29 is 0 Å². The zero-order valence-corrected chi connectivity index (χ0v) is 8.69. The minimum Gasteiger partial charge on any atom is -0.304 e. The topological polar surface area (TPSA) is 6.48 Å². The van der Waals surface area contributed by atoms with Gasteiger partial charge in [0.1, 0.15) is 0 Å². The van der Waals surface area contributed by atoms with Crippen LogP contribution in [0.5, 0.6) is 0 Å². The number of hydrogen-bond acceptors (Lipinski definition) is 2. The van der Waals surface area contributed by atoms with Crippen LogP contribution in [-0.4, -0.2) is 55.5 Å². The summed E-state index contributed by atoms with van der Waals surface area (Å²) < 4.78 is 0. The van der Waals surface area contributed by atoms with Gasteiger partial charge in [0, 0.05) is 25.5 Å². The summed E-state index contributed by atoms with van der Waals surface area (Å²) in [5.74, 6) is 0.747. The van der Waals surface area contributed by atoms with Crippen molar-refractivity contribution in [3.63, 3.8) is 0 Å². The molecular weight excluding hydrogens is 172 g/mol. The number of nitrogens with zero attached hydrogens (tertiary/aromatic N) is 2. The minimum atomic E-state index is 0.747. The van der Waals surface area contributed by atoms with Gasteiger partial charge in [0.2, 0.25) is 0 Å². The molecule has 1 saturated heterocycles. The Morgan fingerprint density at radius 3 is 2.50 bits per heavy atom. The van der Waals surface area contributed by atoms with Crippen molar-refractivity contribution in [2.45, 2.75) is 12.8 Å². The molecule has 0 N–H and O–H groups in total. The Bertz CT molecular complexity index is 113. The monoisotopic (exact) mass is 190 g/mol. The molecule has 0 aromatic heterocycles. The summed E-state index contributed by atoms with van der Waals surface area (Å²) >= 11 is 5.64. The molecular formula is C9H19ClN2. The molecule has 0 spiro atoms. The largest absolute Gasteiger partial charge is 0.304 e. The van der Waals surface area contributed by atoms with Crippen LogP contribution in [0.4, 0.5) is 0 Å². The lowest BCUT2D eigenvalue weighted by Crippen LogP contribution is -2.32. The second-order valence-corrected chi connectivity index (χ2v) is 3.92. The summed E-state index contributed by atoms with van der Waals surface area (Å²) in [7, 11) is 2.14. The SMILES string of the molecule is CN(CCCl)CCN1CCCC1. The van der Waals surface area contributed by atoms with E-state index in [2.05, 4.69) is 16.8 Å². The highest BCUT2D eigenvalue weighted by molar-refractivity contribution is 6.18. The number of halogens is 1. The fraction of sp³-hybridized carbons (Fsp3) is 1.00. The van der Waals surface area contributed by atoms with E-state index in [1.807, 2.05) is 0 Å². The average Bonchev–Trinajstić information content (AvgIpc) is 2.53. The first kappa shape index (κ1) is 10.3. The van der Waals surface area contributed by atoms with Gasteiger partial charge in [0.05, 0.1) is 0 Å². The summed E-state index contributed by atoms with van der Waals surface area (Å²) in [6.45, 7) is 5.99. The van der Waals surface area contributed by atoms with Gasteiger partial charge >= 0.3 is 0 Å². The first-order valence-electron chi connectivity index (χ1n) is 4.80. The maximum Gasteiger partial charge on any atom is 0.0351 e. The van der Waals surface area contributed by atoms with Crippen LogP contribution in [0, 0.1) is 0 Å². The molecule has 0 aliphatic carbocycles. The molecule has 0 aromatic carbocycles. The van der Waals surface area contributed by atoms with Crippen LogP contribution in [0.15, 0.2) is 0 Å². The number of likely N-dealkylation sites (tertiary alicyclic amines) is 1. The summed E-state index contributed by atoms with van der Waals surface area (Å²) in [4.78, 5) is 4.83. The van der Waals surface area contributed by atoms with Gasteiger partial charge in [-0.2, -0.15) is 0 Å². The van der Waals surface area contributed by atoms with Crippen molar-refractivity contribution in [1.82, 2.24) is 9.80 Å². The van der Waals surface area contributed by atoms with E-state index in [-0.39, 0.29) is 0 Å². The molecule has 1 rings (SSSR count). The van der Waals surface area contributed by atoms with Crippen molar-refractivity contribution in [1.29, 1.82) is 0 Å². The second kappa shape index (κ2) is 5.79. The molecule has 0 atom stereocenters. The van der Waals surface area contributed by atoms with Crippen LogP contribution in [-0.2, 0) is 0 Å². The highest BCUT2D eigenvalue weighted by atomic mass is 35.5. The van der Waals surface area contributed by atoms with Gasteiger partial charge in [-0.25, -0.2) is 0 Å². The third-order valence-corrected chi connectivity index (χ3v) is 2.63. The van der Waals surface area contributed by atoms with Crippen molar-refractivity contribution >= 4 is 11.6 Å². The van der Waals surface area contributed by atoms with Crippen molar-refractivity contribution in [2.75, 3.05) is 45.7 Å². The molecule has 72 valence electrons. The van der Waals surface area contributed by atoms with Crippen LogP contribution < -0.4 is 0 Å². The average molecular weight is 191 g/mol. The van der Waals surface area contributed by atoms with Crippen LogP contribution in [0.2, 0.25) is 0 Å². The predicted molar refractivity (Wildman–Crippen MR) is 53.9 cm³/mol. The molecule has 12 heavy (non-hydrogen) atoms. The van der Waals surface area contributed by atoms with E-state index in [1.54, 1.807) is 0 Å². The molecule has 1 aliphatic heterocycles. The van der Waals surface area contributed by atoms with Gasteiger partial charge in [-0.3, -0.25) is 0 Å². The number of hydrogen-bond donors (Lipinski definition) is 0. The standard InChI is InChI=1S/C9H19ClN2/c1-11(7-4-10)8-9-12-5-2-3-6-12/h2-9H2,1H3. The van der Waals surface area contributed by atoms with Gasteiger partial charge in [-0.15, -0.1) is 11.6 Å². The summed E-state index contributed by atoms with van der Waals surface area (Å²) in [5, 5.41) is 0. The van der Waals surface area contributed by atoms with Crippen LogP contribution in [0.3, 0.4) is 0 Å². The van der Waals surface area contributed by atoms with Crippen LogP contribution in [0.1, 0.15) is 12.8 Å². The van der Waals surface area contributed by atoms with Crippen molar-refractivity contribution in [3.8, 4) is 0 Å². The summed E-state index contributed by atoms with van der Waals surface area (Å²) in [6, 6.07) is 0. The van der Waals surface area contributed by atoms with E-state index in [0.717, 1.165) is 19.0 Å². The van der Waals surface area contributed by atoms with Gasteiger partial charge in [-0.1, -0.05) is 0 Å². The van der Waals surface area contributed by atoms with Gasteiger partial charge in [0.15, 0.2) is 0 Å². The molecule has 0 bridgehead atoms. The maximum atomic E-state index is 5.64. The molecule has 0 amide bonds. The second-order valence-electron chi connectivity index (χ2n) is 3.54. The van der Waals surface area contributed by atoms with E-state index < -0.39 is 0 Å². The number of alkyl halides is 1. The fourth-order valence-corrected chi connectivity index (χ4v) is 1.86. The Morgan fingerprint density at radius 1 is 1.25 bits per heavy atom. The van der Waals surface area contributed by atoms with E-state index in [0.29, 0.717) is 0 Å². The molecule has 0 unspecified atom stereocenters. The van der Waals surface area contributed by atoms with E-state index in [4.69, 9.17) is 11.6 Å². The Balaban J connectivity index is 1.99. The van der Waals surface area contributed by atoms with Crippen LogP contribution in [0.25, 0.3) is 0 Å². The van der Waals surface area contributed by atoms with Crippen molar-refractivity contribution in [3.05, 3.63) is 0 Å². The first-order chi connectivity index (χ1) is 5.83. The van der Waals surface area contributed by atoms with Gasteiger partial charge in [-0.05, 0) is 33.0 Å². The lowest BCUT2D eigenvalue weighted by molar-refractivity contribution is 0.265. The third kappa shape index (κ3) is 3.74. The quantitative estimate of drug-likeness (QED) is 0.603. The highest BCUT2D eigenvalue weighted by Gasteiger charge is 2.11. The van der Waals surface area contributed by atoms with Crippen molar-refractivity contribution in [2.24, 2.45) is 0 Å². The smallest absolute Gasteiger partial charge is 0.0351 e. The fourth-order valence-electron chi connectivity index (χ4n) is 1.57. The normalized spacial score (nSPS) is 19.2. The Hall–Kier alpha value is 0.210. The molecule has 1 heterocycles. The minimum absolute atomic E-state index is 0.747. The predicted octanol–water partition coefficient (Wildman–Crippen LogP) is 1.25. The molecule has 1 fully saturated rings. The number of likely N-dealkylation sites (N-methyl/N-ethyl adjacent to an activating group) is 1.